The van der Waals surface area contributed by atoms with Gasteiger partial charge in [0.25, 0.3) is 0 Å². The summed E-state index contributed by atoms with van der Waals surface area (Å²) in [7, 11) is 0. The minimum Gasteiger partial charge on any atom is -0.379 e. The molecule has 1 aliphatic carbocycles. The number of benzene rings is 2. The molecule has 36 heavy (non-hydrogen) atoms. The van der Waals surface area contributed by atoms with Crippen LogP contribution in [0.1, 0.15) is 70.3 Å². The van der Waals surface area contributed by atoms with Crippen LogP contribution in [0.15, 0.2) is 48.8 Å². The Balaban J connectivity index is 1.64. The van der Waals surface area contributed by atoms with Gasteiger partial charge in [-0.05, 0) is 62.9 Å². The summed E-state index contributed by atoms with van der Waals surface area (Å²) in [6.45, 7) is 6.17. The number of pyridine rings is 1. The van der Waals surface area contributed by atoms with Gasteiger partial charge in [-0.1, -0.05) is 35.9 Å². The lowest BCUT2D eigenvalue weighted by Gasteiger charge is -2.27. The molecule has 1 atom stereocenters. The molecule has 0 spiro atoms. The number of hydrogen-bond donors (Lipinski definition) is 2. The molecule has 0 bridgehead atoms. The van der Waals surface area contributed by atoms with Gasteiger partial charge in [-0.3, -0.25) is 4.98 Å². The molecule has 184 valence electrons. The molecular weight excluding hydrogens is 477 g/mol. The highest BCUT2D eigenvalue weighted by Crippen LogP contribution is 2.38. The van der Waals surface area contributed by atoms with Crippen LogP contribution in [0.4, 0.5) is 15.8 Å². The molecule has 0 saturated heterocycles. The van der Waals surface area contributed by atoms with Crippen LogP contribution in [0, 0.1) is 17.1 Å². The number of nitrogens with zero attached hydrogens (tertiary/aromatic N) is 5. The van der Waals surface area contributed by atoms with Crippen LogP contribution >= 0.6 is 11.6 Å². The van der Waals surface area contributed by atoms with Crippen molar-refractivity contribution in [1.82, 2.24) is 20.0 Å². The molecule has 1 aliphatic rings. The fraction of sp³-hybridized carbons (Fsp3) is 0.333. The van der Waals surface area contributed by atoms with Gasteiger partial charge < -0.3 is 10.6 Å². The van der Waals surface area contributed by atoms with E-state index in [1.807, 2.05) is 6.07 Å². The molecule has 2 aromatic heterocycles. The maximum atomic E-state index is 13.8. The Morgan fingerprint density at radius 1 is 1.31 bits per heavy atom. The van der Waals surface area contributed by atoms with Crippen molar-refractivity contribution in [3.8, 4) is 6.07 Å². The van der Waals surface area contributed by atoms with E-state index in [-0.39, 0.29) is 5.54 Å². The smallest absolute Gasteiger partial charge is 0.123 e. The van der Waals surface area contributed by atoms with Crippen molar-refractivity contribution in [2.75, 3.05) is 10.6 Å². The highest BCUT2D eigenvalue weighted by molar-refractivity contribution is 6.35. The van der Waals surface area contributed by atoms with E-state index in [0.29, 0.717) is 50.2 Å². The van der Waals surface area contributed by atoms with E-state index in [1.165, 1.54) is 18.3 Å². The van der Waals surface area contributed by atoms with E-state index in [9.17, 15) is 11.0 Å². The van der Waals surface area contributed by atoms with E-state index in [0.717, 1.165) is 19.3 Å². The molecule has 4 aromatic rings. The summed E-state index contributed by atoms with van der Waals surface area (Å²) < 4.78 is 25.0. The molecule has 0 radical (unpaired) electrons. The predicted molar refractivity (Wildman–Crippen MR) is 140 cm³/mol. The largest absolute Gasteiger partial charge is 0.379 e. The standard InChI is InChI=1S/C27H27ClFN7/c1-4-27(2,3)33-24-17(13-30)14-31-26-21(24)11-19(12-22(26)28)32-25(16-5-7-18(29)8-6-16)23-15-36(35-34-23)20-9-10-20/h5-8,11-12,14-15,20,25,32H,4,9-10H2,1-3H3,(H,31,33)/t25-/m0/s1/i25D. The summed E-state index contributed by atoms with van der Waals surface area (Å²) in [5.41, 5.74) is 2.65. The number of nitrogens with one attached hydrogen (secondary N) is 2. The normalized spacial score (nSPS) is 15.7. The number of rotatable bonds is 8. The molecule has 0 amide bonds. The molecule has 2 N–H and O–H groups in total. The Morgan fingerprint density at radius 2 is 2.06 bits per heavy atom. The minimum atomic E-state index is -1.59. The zero-order valence-corrected chi connectivity index (χ0v) is 21.1. The summed E-state index contributed by atoms with van der Waals surface area (Å²) in [5.74, 6) is -0.397. The monoisotopic (exact) mass is 504 g/mol. The number of halogens is 2. The lowest BCUT2D eigenvalue weighted by atomic mass is 9.99. The fourth-order valence-electron chi connectivity index (χ4n) is 3.93. The van der Waals surface area contributed by atoms with Crippen LogP contribution in [0.3, 0.4) is 0 Å². The number of hydrogen-bond acceptors (Lipinski definition) is 6. The highest BCUT2D eigenvalue weighted by Gasteiger charge is 2.27. The maximum Gasteiger partial charge on any atom is 0.123 e. The number of fused-ring (bicyclic) bond motifs is 1. The van der Waals surface area contributed by atoms with Crippen molar-refractivity contribution in [2.45, 2.75) is 57.6 Å². The summed E-state index contributed by atoms with van der Waals surface area (Å²) in [6.07, 6.45) is 6.14. The van der Waals surface area contributed by atoms with Gasteiger partial charge in [-0.25, -0.2) is 9.07 Å². The van der Waals surface area contributed by atoms with E-state index in [2.05, 4.69) is 52.8 Å². The third-order valence-corrected chi connectivity index (χ3v) is 6.77. The van der Waals surface area contributed by atoms with E-state index in [1.54, 1.807) is 29.1 Å². The third-order valence-electron chi connectivity index (χ3n) is 6.48. The molecule has 7 nitrogen and oxygen atoms in total. The van der Waals surface area contributed by atoms with Crippen molar-refractivity contribution in [1.29, 1.82) is 5.26 Å². The zero-order chi connectivity index (χ0) is 26.4. The Labute approximate surface area is 215 Å². The van der Waals surface area contributed by atoms with Crippen LogP contribution in [-0.2, 0) is 0 Å². The van der Waals surface area contributed by atoms with Gasteiger partial charge >= 0.3 is 0 Å². The van der Waals surface area contributed by atoms with E-state index >= 15 is 0 Å². The number of nitriles is 1. The third kappa shape index (κ3) is 4.84. The van der Waals surface area contributed by atoms with Gasteiger partial charge in [0.2, 0.25) is 0 Å². The molecule has 2 aromatic carbocycles. The van der Waals surface area contributed by atoms with Crippen molar-refractivity contribution in [3.63, 3.8) is 0 Å². The molecule has 9 heteroatoms. The Kier molecular flexibility index (Phi) is 5.94. The Morgan fingerprint density at radius 3 is 2.72 bits per heavy atom. The van der Waals surface area contributed by atoms with Crippen molar-refractivity contribution in [2.24, 2.45) is 0 Å². The quantitative estimate of drug-likeness (QED) is 0.280. The van der Waals surface area contributed by atoms with Crippen LogP contribution in [-0.4, -0.2) is 25.5 Å². The highest BCUT2D eigenvalue weighted by atomic mass is 35.5. The SMILES string of the molecule is [2H][C@](Nc1cc(Cl)c2ncc(C#N)c(NC(C)(C)CC)c2c1)(c1ccc(F)cc1)c1cn(C2CC2)nn1. The average Bonchev–Trinajstić information content (AvgIpc) is 3.60. The van der Waals surface area contributed by atoms with Crippen LogP contribution in [0.5, 0.6) is 0 Å². The summed E-state index contributed by atoms with van der Waals surface area (Å²) in [6, 6.07) is 10.2. The molecule has 2 heterocycles. The van der Waals surface area contributed by atoms with E-state index < -0.39 is 11.8 Å². The minimum absolute atomic E-state index is 0.287. The van der Waals surface area contributed by atoms with Crippen LogP contribution in [0.25, 0.3) is 10.9 Å². The lowest BCUT2D eigenvalue weighted by Crippen LogP contribution is -2.30. The van der Waals surface area contributed by atoms with Crippen molar-refractivity contribution < 1.29 is 5.76 Å². The zero-order valence-electron chi connectivity index (χ0n) is 21.3. The number of aromatic nitrogens is 4. The summed E-state index contributed by atoms with van der Waals surface area (Å²) in [5, 5.41) is 26.1. The summed E-state index contributed by atoms with van der Waals surface area (Å²) in [4.78, 5) is 4.42. The Hall–Kier alpha value is -3.70. The van der Waals surface area contributed by atoms with Crippen LogP contribution < -0.4 is 10.6 Å². The average molecular weight is 505 g/mol. The first kappa shape index (κ1) is 22.7. The first-order valence-corrected chi connectivity index (χ1v) is 12.3. The molecule has 0 unspecified atom stereocenters. The van der Waals surface area contributed by atoms with Crippen LogP contribution in [0.2, 0.25) is 5.02 Å². The molecule has 5 rings (SSSR count). The van der Waals surface area contributed by atoms with Gasteiger partial charge in [0.1, 0.15) is 17.6 Å². The lowest BCUT2D eigenvalue weighted by molar-refractivity contribution is 0.548. The van der Waals surface area contributed by atoms with Gasteiger partial charge in [-0.2, -0.15) is 5.26 Å². The number of anilines is 2. The molecule has 0 aliphatic heterocycles. The Bertz CT molecular complexity index is 1510. The van der Waals surface area contributed by atoms with Gasteiger partial charge in [0, 0.05) is 22.8 Å². The van der Waals surface area contributed by atoms with E-state index in [4.69, 9.17) is 11.6 Å². The predicted octanol–water partition coefficient (Wildman–Crippen LogP) is 6.63. The van der Waals surface area contributed by atoms with Gasteiger partial charge in [0.05, 0.1) is 41.4 Å². The maximum absolute atomic E-state index is 13.8. The molecule has 1 saturated carbocycles. The molecule has 1 fully saturated rings. The topological polar surface area (TPSA) is 91.5 Å². The van der Waals surface area contributed by atoms with Gasteiger partial charge in [-0.15, -0.1) is 5.10 Å². The summed E-state index contributed by atoms with van der Waals surface area (Å²) >= 11 is 6.67. The first-order chi connectivity index (χ1) is 17.6. The first-order valence-electron chi connectivity index (χ1n) is 12.4. The molecular formula is C27H27ClFN7. The second-order valence-corrected chi connectivity index (χ2v) is 10.1. The van der Waals surface area contributed by atoms with Crippen molar-refractivity contribution >= 4 is 33.9 Å². The van der Waals surface area contributed by atoms with Gasteiger partial charge in [0.15, 0.2) is 0 Å². The van der Waals surface area contributed by atoms with Crippen molar-refractivity contribution in [3.05, 3.63) is 76.5 Å². The fourth-order valence-corrected chi connectivity index (χ4v) is 4.20. The second kappa shape index (κ2) is 9.40. The second-order valence-electron chi connectivity index (χ2n) is 9.70.